The van der Waals surface area contributed by atoms with Gasteiger partial charge >= 0.3 is 0 Å². The highest BCUT2D eigenvalue weighted by Crippen LogP contribution is 1.79. The van der Waals surface area contributed by atoms with Crippen LogP contribution >= 0.6 is 0 Å². The van der Waals surface area contributed by atoms with Gasteiger partial charge in [-0.05, 0) is 13.1 Å². The highest BCUT2D eigenvalue weighted by atomic mass is 15.2. The summed E-state index contributed by atoms with van der Waals surface area (Å²) >= 11 is 0. The van der Waals surface area contributed by atoms with E-state index in [0.717, 1.165) is 13.0 Å². The first kappa shape index (κ1) is 9.14. The van der Waals surface area contributed by atoms with Crippen LogP contribution in [0.15, 0.2) is 9.98 Å². The minimum absolute atomic E-state index is 0.618. The smallest absolute Gasteiger partial charge is 0.109 e. The lowest BCUT2D eigenvalue weighted by Gasteiger charge is -2.07. The van der Waals surface area contributed by atoms with Crippen molar-refractivity contribution in [2.75, 3.05) is 20.3 Å². The molecular weight excluding hydrogens is 126 g/mol. The average Bonchev–Trinajstić information content (AvgIpc) is 1.89. The molecule has 0 fully saturated rings. The van der Waals surface area contributed by atoms with Gasteiger partial charge in [-0.3, -0.25) is 9.98 Å². The lowest BCUT2D eigenvalue weighted by Crippen LogP contribution is -2.15. The van der Waals surface area contributed by atoms with Gasteiger partial charge in [-0.2, -0.15) is 0 Å². The zero-order valence-electron chi connectivity index (χ0n) is 6.75. The summed E-state index contributed by atoms with van der Waals surface area (Å²) in [4.78, 5) is 9.71. The van der Waals surface area contributed by atoms with E-state index in [1.807, 2.05) is 11.9 Å². The normalized spacial score (nSPS) is 10.2. The standard InChI is InChI=1S/C7H15N3/c1-4-5-9-7-10(3)6-8-2/h7H,2,4-6H2,1,3H3. The molecule has 0 saturated carbocycles. The van der Waals surface area contributed by atoms with E-state index in [9.17, 15) is 0 Å². The number of hydrogen-bond donors (Lipinski definition) is 0. The second-order valence-corrected chi connectivity index (χ2v) is 2.14. The predicted octanol–water partition coefficient (Wildman–Crippen LogP) is 1.01. The molecule has 0 unspecified atom stereocenters. The summed E-state index contributed by atoms with van der Waals surface area (Å²) in [6.45, 7) is 6.98. The fourth-order valence-electron chi connectivity index (χ4n) is 0.520. The first-order chi connectivity index (χ1) is 4.81. The van der Waals surface area contributed by atoms with Gasteiger partial charge in [0.15, 0.2) is 0 Å². The van der Waals surface area contributed by atoms with Crippen molar-refractivity contribution in [2.45, 2.75) is 13.3 Å². The fourth-order valence-corrected chi connectivity index (χ4v) is 0.520. The molecule has 0 aliphatic heterocycles. The third-order valence-electron chi connectivity index (χ3n) is 0.955. The van der Waals surface area contributed by atoms with Crippen molar-refractivity contribution < 1.29 is 0 Å². The van der Waals surface area contributed by atoms with Crippen molar-refractivity contribution in [3.63, 3.8) is 0 Å². The molecule has 0 heterocycles. The van der Waals surface area contributed by atoms with Crippen molar-refractivity contribution >= 4 is 13.1 Å². The highest BCUT2D eigenvalue weighted by Gasteiger charge is 1.83. The molecule has 10 heavy (non-hydrogen) atoms. The maximum atomic E-state index is 4.12. The Bertz CT molecular complexity index is 109. The molecule has 0 rings (SSSR count). The van der Waals surface area contributed by atoms with Crippen LogP contribution in [0.2, 0.25) is 0 Å². The molecule has 0 bridgehead atoms. The quantitative estimate of drug-likeness (QED) is 0.415. The Morgan fingerprint density at radius 1 is 1.60 bits per heavy atom. The molecule has 0 atom stereocenters. The van der Waals surface area contributed by atoms with Gasteiger partial charge in [0.1, 0.15) is 6.67 Å². The van der Waals surface area contributed by atoms with Crippen molar-refractivity contribution in [3.05, 3.63) is 0 Å². The van der Waals surface area contributed by atoms with E-state index in [4.69, 9.17) is 0 Å². The van der Waals surface area contributed by atoms with E-state index >= 15 is 0 Å². The second kappa shape index (κ2) is 6.26. The van der Waals surface area contributed by atoms with Crippen LogP contribution in [-0.4, -0.2) is 38.2 Å². The Morgan fingerprint density at radius 2 is 2.30 bits per heavy atom. The van der Waals surface area contributed by atoms with Crippen molar-refractivity contribution in [2.24, 2.45) is 9.98 Å². The molecule has 0 aromatic heterocycles. The molecule has 0 saturated heterocycles. The molecule has 0 aromatic carbocycles. The molecule has 3 heteroatoms. The molecule has 0 aliphatic rings. The summed E-state index contributed by atoms with van der Waals surface area (Å²) in [7, 11) is 1.92. The van der Waals surface area contributed by atoms with Crippen molar-refractivity contribution in [1.82, 2.24) is 4.90 Å². The van der Waals surface area contributed by atoms with Gasteiger partial charge < -0.3 is 4.90 Å². The van der Waals surface area contributed by atoms with Gasteiger partial charge in [0.2, 0.25) is 0 Å². The summed E-state index contributed by atoms with van der Waals surface area (Å²) in [5.74, 6) is 0. The van der Waals surface area contributed by atoms with E-state index < -0.39 is 0 Å². The minimum Gasteiger partial charge on any atom is -0.347 e. The SMILES string of the molecule is C=NCN(C)C=NCCC. The summed E-state index contributed by atoms with van der Waals surface area (Å²) < 4.78 is 0. The van der Waals surface area contributed by atoms with Gasteiger partial charge in [-0.15, -0.1) is 0 Å². The monoisotopic (exact) mass is 141 g/mol. The van der Waals surface area contributed by atoms with Crippen LogP contribution in [0.3, 0.4) is 0 Å². The third kappa shape index (κ3) is 5.28. The largest absolute Gasteiger partial charge is 0.347 e. The fraction of sp³-hybridized carbons (Fsp3) is 0.714. The Kier molecular flexibility index (Phi) is 5.72. The van der Waals surface area contributed by atoms with E-state index in [-0.39, 0.29) is 0 Å². The van der Waals surface area contributed by atoms with Gasteiger partial charge in [0, 0.05) is 13.6 Å². The minimum atomic E-state index is 0.618. The predicted molar refractivity (Wildman–Crippen MR) is 45.8 cm³/mol. The van der Waals surface area contributed by atoms with E-state index in [0.29, 0.717) is 6.67 Å². The molecule has 3 nitrogen and oxygen atoms in total. The molecule has 0 spiro atoms. The lowest BCUT2D eigenvalue weighted by molar-refractivity contribution is 0.538. The van der Waals surface area contributed by atoms with Crippen molar-refractivity contribution in [3.8, 4) is 0 Å². The molecule has 0 N–H and O–H groups in total. The first-order valence-corrected chi connectivity index (χ1v) is 3.44. The maximum Gasteiger partial charge on any atom is 0.109 e. The third-order valence-corrected chi connectivity index (χ3v) is 0.955. The summed E-state index contributed by atoms with van der Waals surface area (Å²) in [6, 6.07) is 0. The van der Waals surface area contributed by atoms with Crippen LogP contribution in [0.1, 0.15) is 13.3 Å². The molecule has 58 valence electrons. The van der Waals surface area contributed by atoms with E-state index in [2.05, 4.69) is 23.6 Å². The Hall–Kier alpha value is -0.860. The molecular formula is C7H15N3. The molecule has 0 aliphatic carbocycles. The van der Waals surface area contributed by atoms with E-state index in [1.165, 1.54) is 0 Å². The molecule has 0 amide bonds. The Balaban J connectivity index is 3.34. The van der Waals surface area contributed by atoms with Crippen LogP contribution < -0.4 is 0 Å². The number of rotatable bonds is 5. The average molecular weight is 141 g/mol. The zero-order chi connectivity index (χ0) is 7.82. The Morgan fingerprint density at radius 3 is 2.80 bits per heavy atom. The summed E-state index contributed by atoms with van der Waals surface area (Å²) in [5.41, 5.74) is 0. The van der Waals surface area contributed by atoms with Crippen LogP contribution in [-0.2, 0) is 0 Å². The Labute approximate surface area is 62.5 Å². The van der Waals surface area contributed by atoms with Gasteiger partial charge in [0.05, 0.1) is 6.34 Å². The highest BCUT2D eigenvalue weighted by molar-refractivity contribution is 5.54. The van der Waals surface area contributed by atoms with Crippen LogP contribution in [0, 0.1) is 0 Å². The summed E-state index contributed by atoms with van der Waals surface area (Å²) in [5, 5.41) is 0. The zero-order valence-corrected chi connectivity index (χ0v) is 6.75. The van der Waals surface area contributed by atoms with Crippen LogP contribution in [0.4, 0.5) is 0 Å². The number of hydrogen-bond acceptors (Lipinski definition) is 2. The topological polar surface area (TPSA) is 28.0 Å². The van der Waals surface area contributed by atoms with Gasteiger partial charge in [-0.1, -0.05) is 6.92 Å². The summed E-state index contributed by atoms with van der Waals surface area (Å²) in [6.07, 6.45) is 2.88. The van der Waals surface area contributed by atoms with Crippen molar-refractivity contribution in [1.29, 1.82) is 0 Å². The lowest BCUT2D eigenvalue weighted by atomic mass is 10.5. The molecule has 0 aromatic rings. The molecule has 0 radical (unpaired) electrons. The first-order valence-electron chi connectivity index (χ1n) is 3.44. The number of aliphatic imine (C=N–C) groups is 2. The second-order valence-electron chi connectivity index (χ2n) is 2.14. The maximum absolute atomic E-state index is 4.12. The van der Waals surface area contributed by atoms with Crippen LogP contribution in [0.25, 0.3) is 0 Å². The van der Waals surface area contributed by atoms with E-state index in [1.54, 1.807) is 6.34 Å². The van der Waals surface area contributed by atoms with Crippen LogP contribution in [0.5, 0.6) is 0 Å². The van der Waals surface area contributed by atoms with Gasteiger partial charge in [0.25, 0.3) is 0 Å². The number of nitrogens with zero attached hydrogens (tertiary/aromatic N) is 3. The van der Waals surface area contributed by atoms with Gasteiger partial charge in [-0.25, -0.2) is 0 Å².